The Bertz CT molecular complexity index is 413. The van der Waals surface area contributed by atoms with Crippen molar-refractivity contribution in [2.24, 2.45) is 0 Å². The smallest absolute Gasteiger partial charge is 0.0501 e. The first-order valence-electron chi connectivity index (χ1n) is 3.94. The Morgan fingerprint density at radius 2 is 1.12 bits per heavy atom. The van der Waals surface area contributed by atoms with E-state index in [4.69, 9.17) is 0 Å². The number of hydrogen-bond acceptors (Lipinski definition) is 0. The quantitative estimate of drug-likeness (QED) is 0.331. The molecule has 0 atom stereocenters. The van der Waals surface area contributed by atoms with Crippen molar-refractivity contribution in [1.29, 1.82) is 0 Å². The first-order valence-corrected chi connectivity index (χ1v) is 8.70. The lowest BCUT2D eigenvalue weighted by Crippen LogP contribution is -1.82. The molecule has 1 aromatic rings. The van der Waals surface area contributed by atoms with Crippen molar-refractivity contribution >= 4 is 108 Å². The van der Waals surface area contributed by atoms with Gasteiger partial charge in [-0.15, -0.1) is 0 Å². The van der Waals surface area contributed by atoms with Gasteiger partial charge in [-0.1, -0.05) is 31.9 Å². The lowest BCUT2D eigenvalue weighted by Gasteiger charge is -2.05. The van der Waals surface area contributed by atoms with Crippen molar-refractivity contribution < 1.29 is 0 Å². The second-order valence-corrected chi connectivity index (χ2v) is 10.0. The minimum Gasteiger partial charge on any atom is -0.0501 e. The summed E-state index contributed by atoms with van der Waals surface area (Å²) in [4.78, 5) is 0. The fourth-order valence-corrected chi connectivity index (χ4v) is 3.25. The van der Waals surface area contributed by atoms with Gasteiger partial charge in [0.2, 0.25) is 0 Å². The predicted molar refractivity (Wildman–Crippen MR) is 93.5 cm³/mol. The van der Waals surface area contributed by atoms with Crippen LogP contribution in [0.2, 0.25) is 0 Å². The third-order valence-electron chi connectivity index (χ3n) is 1.65. The van der Waals surface area contributed by atoms with Crippen LogP contribution in [-0.4, -0.2) is 0 Å². The zero-order valence-corrected chi connectivity index (χ0v) is 17.1. The highest BCUT2D eigenvalue weighted by atomic mass is 79.9. The molecule has 16 heavy (non-hydrogen) atoms. The molecule has 1 rings (SSSR count). The number of halogens is 6. The van der Waals surface area contributed by atoms with E-state index in [9.17, 15) is 0 Å². The lowest BCUT2D eigenvalue weighted by molar-refractivity contribution is 1.53. The summed E-state index contributed by atoms with van der Waals surface area (Å²) in [5, 5.41) is 0. The van der Waals surface area contributed by atoms with Crippen molar-refractivity contribution in [2.75, 3.05) is 0 Å². The van der Waals surface area contributed by atoms with Crippen molar-refractivity contribution in [3.63, 3.8) is 0 Å². The molecule has 0 aliphatic rings. The summed E-state index contributed by atoms with van der Waals surface area (Å²) in [7, 11) is 0. The second kappa shape index (κ2) is 7.24. The van der Waals surface area contributed by atoms with Crippen LogP contribution >= 0.6 is 95.6 Å². The molecule has 0 nitrogen and oxygen atoms in total. The molecule has 0 spiro atoms. The van der Waals surface area contributed by atoms with Crippen molar-refractivity contribution in [3.8, 4) is 0 Å². The largest absolute Gasteiger partial charge is 0.0610 e. The van der Waals surface area contributed by atoms with Crippen molar-refractivity contribution in [2.45, 2.75) is 0 Å². The third kappa shape index (κ3) is 5.06. The normalized spacial score (nSPS) is 9.88. The molecule has 0 aliphatic carbocycles. The maximum Gasteiger partial charge on any atom is 0.0610 e. The average Bonchev–Trinajstić information content (AvgIpc) is 2.11. The standard InChI is InChI=1S/C10H4Br6/c11-7-4-8(12)6(3-10(15)16)1-5(7)2-9(13)14/h1-4H. The zero-order chi connectivity index (χ0) is 12.3. The molecule has 0 N–H and O–H groups in total. The molecule has 0 radical (unpaired) electrons. The van der Waals surface area contributed by atoms with Gasteiger partial charge in [0.15, 0.2) is 0 Å². The van der Waals surface area contributed by atoms with Crippen molar-refractivity contribution in [3.05, 3.63) is 39.0 Å². The Hall–Kier alpha value is 1.58. The molecule has 6 heteroatoms. The topological polar surface area (TPSA) is 0 Å². The summed E-state index contributed by atoms with van der Waals surface area (Å²) >= 11 is 20.4. The number of benzene rings is 1. The highest BCUT2D eigenvalue weighted by Gasteiger charge is 2.04. The molecule has 1 aromatic carbocycles. The molecule has 0 aromatic heterocycles. The molecule has 0 aliphatic heterocycles. The van der Waals surface area contributed by atoms with E-state index in [0.717, 1.165) is 26.9 Å². The molecule has 86 valence electrons. The first-order chi connectivity index (χ1) is 7.40. The Kier molecular flexibility index (Phi) is 7.07. The molecule has 0 saturated heterocycles. The van der Waals surface area contributed by atoms with E-state index >= 15 is 0 Å². The van der Waals surface area contributed by atoms with Crippen LogP contribution in [0.15, 0.2) is 27.9 Å². The SMILES string of the molecule is BrC(Br)=Cc1cc(C=C(Br)Br)c(Br)cc1Br. The first kappa shape index (κ1) is 15.6. The monoisotopic (exact) mass is 598 g/mol. The molecule has 0 bridgehead atoms. The van der Waals surface area contributed by atoms with Crippen LogP contribution in [0.4, 0.5) is 0 Å². The van der Waals surface area contributed by atoms with Gasteiger partial charge >= 0.3 is 0 Å². The van der Waals surface area contributed by atoms with Gasteiger partial charge in [0.05, 0.1) is 6.78 Å². The van der Waals surface area contributed by atoms with Crippen LogP contribution in [0.5, 0.6) is 0 Å². The van der Waals surface area contributed by atoms with Gasteiger partial charge in [-0.25, -0.2) is 0 Å². The van der Waals surface area contributed by atoms with E-state index in [-0.39, 0.29) is 0 Å². The minimum absolute atomic E-state index is 0.899. The molecule has 0 saturated carbocycles. The van der Waals surface area contributed by atoms with Crippen LogP contribution in [0.1, 0.15) is 11.1 Å². The van der Waals surface area contributed by atoms with E-state index in [1.165, 1.54) is 0 Å². The molecule has 0 unspecified atom stereocenters. The van der Waals surface area contributed by atoms with Crippen LogP contribution in [0.25, 0.3) is 12.2 Å². The summed E-state index contributed by atoms with van der Waals surface area (Å²) in [6.45, 7) is 0. The summed E-state index contributed by atoms with van der Waals surface area (Å²) in [5.74, 6) is 0. The van der Waals surface area contributed by atoms with Crippen LogP contribution in [0, 0.1) is 0 Å². The van der Waals surface area contributed by atoms with E-state index in [1.54, 1.807) is 0 Å². The Labute approximate surface area is 145 Å². The highest BCUT2D eigenvalue weighted by molar-refractivity contribution is 9.28. The van der Waals surface area contributed by atoms with E-state index in [0.29, 0.717) is 0 Å². The summed E-state index contributed by atoms with van der Waals surface area (Å²) in [6.07, 6.45) is 3.96. The molecule has 0 heterocycles. The fourth-order valence-electron chi connectivity index (χ4n) is 1.04. The molecule has 0 amide bonds. The number of hydrogen-bond donors (Lipinski definition) is 0. The van der Waals surface area contributed by atoms with E-state index in [1.807, 2.05) is 18.2 Å². The van der Waals surface area contributed by atoms with E-state index in [2.05, 4.69) is 102 Å². The lowest BCUT2D eigenvalue weighted by atomic mass is 10.1. The molecular weight excluding hydrogens is 600 g/mol. The van der Waals surface area contributed by atoms with Gasteiger partial charge in [-0.3, -0.25) is 0 Å². The fraction of sp³-hybridized carbons (Fsp3) is 0. The van der Waals surface area contributed by atoms with Gasteiger partial charge < -0.3 is 0 Å². The summed E-state index contributed by atoms with van der Waals surface area (Å²) in [5.41, 5.74) is 2.17. The van der Waals surface area contributed by atoms with Crippen LogP contribution < -0.4 is 0 Å². The van der Waals surface area contributed by atoms with Crippen molar-refractivity contribution in [1.82, 2.24) is 0 Å². The summed E-state index contributed by atoms with van der Waals surface area (Å²) < 4.78 is 3.85. The zero-order valence-electron chi connectivity index (χ0n) is 7.58. The Morgan fingerprint density at radius 3 is 1.44 bits per heavy atom. The van der Waals surface area contributed by atoms with Gasteiger partial charge in [0.25, 0.3) is 0 Å². The predicted octanol–water partition coefficient (Wildman–Crippen LogP) is 7.39. The summed E-state index contributed by atoms with van der Waals surface area (Å²) in [6, 6.07) is 4.09. The van der Waals surface area contributed by atoms with Crippen LogP contribution in [0.3, 0.4) is 0 Å². The van der Waals surface area contributed by atoms with Gasteiger partial charge in [0, 0.05) is 8.95 Å². The highest BCUT2D eigenvalue weighted by Crippen LogP contribution is 2.32. The minimum atomic E-state index is 0.899. The van der Waals surface area contributed by atoms with Crippen LogP contribution in [-0.2, 0) is 0 Å². The Morgan fingerprint density at radius 1 is 0.750 bits per heavy atom. The molecule has 0 fully saturated rings. The Balaban J connectivity index is 3.33. The maximum absolute atomic E-state index is 3.52. The second-order valence-electron chi connectivity index (χ2n) is 2.76. The number of rotatable bonds is 2. The van der Waals surface area contributed by atoms with Gasteiger partial charge in [-0.05, 0) is 99.1 Å². The maximum atomic E-state index is 3.52. The van der Waals surface area contributed by atoms with E-state index < -0.39 is 0 Å². The van der Waals surface area contributed by atoms with Gasteiger partial charge in [0.1, 0.15) is 0 Å². The average molecular weight is 604 g/mol. The third-order valence-corrected chi connectivity index (χ3v) is 3.93. The van der Waals surface area contributed by atoms with Gasteiger partial charge in [-0.2, -0.15) is 0 Å². The molecular formula is C10H4Br6.